The summed E-state index contributed by atoms with van der Waals surface area (Å²) in [5.74, 6) is -0.988. The molecule has 0 radical (unpaired) electrons. The fourth-order valence-corrected chi connectivity index (χ4v) is 2.07. The molecule has 1 aromatic carbocycles. The molecule has 0 saturated heterocycles. The van der Waals surface area contributed by atoms with E-state index in [0.29, 0.717) is 19.4 Å². The van der Waals surface area contributed by atoms with Crippen LogP contribution in [-0.2, 0) is 16.0 Å². The first-order chi connectivity index (χ1) is 8.63. The number of aliphatic carboxylic acids is 1. The largest absolute Gasteiger partial charge is 0.481 e. The summed E-state index contributed by atoms with van der Waals surface area (Å²) < 4.78 is 4.97. The molecular formula is C15H22O3. The van der Waals surface area contributed by atoms with Crippen LogP contribution in [-0.4, -0.2) is 24.8 Å². The van der Waals surface area contributed by atoms with Crippen LogP contribution in [0.1, 0.15) is 30.4 Å². The topological polar surface area (TPSA) is 46.5 Å². The van der Waals surface area contributed by atoms with Crippen LogP contribution in [0.2, 0.25) is 0 Å². The van der Waals surface area contributed by atoms with Crippen molar-refractivity contribution in [3.8, 4) is 0 Å². The molecule has 0 aliphatic carbocycles. The molecule has 1 atom stereocenters. The summed E-state index contributed by atoms with van der Waals surface area (Å²) in [6.45, 7) is 2.73. The van der Waals surface area contributed by atoms with Gasteiger partial charge in [0.05, 0.1) is 5.92 Å². The minimum absolute atomic E-state index is 0.288. The van der Waals surface area contributed by atoms with E-state index < -0.39 is 5.97 Å². The molecule has 3 nitrogen and oxygen atoms in total. The van der Waals surface area contributed by atoms with Gasteiger partial charge >= 0.3 is 5.97 Å². The van der Waals surface area contributed by atoms with Crippen molar-refractivity contribution in [2.75, 3.05) is 13.7 Å². The first-order valence-electron chi connectivity index (χ1n) is 6.40. The predicted molar refractivity (Wildman–Crippen MR) is 71.7 cm³/mol. The number of benzene rings is 1. The summed E-state index contributed by atoms with van der Waals surface area (Å²) in [4.78, 5) is 11.2. The van der Waals surface area contributed by atoms with Crippen molar-refractivity contribution in [2.24, 2.45) is 5.92 Å². The van der Waals surface area contributed by atoms with E-state index >= 15 is 0 Å². The number of ether oxygens (including phenoxy) is 1. The van der Waals surface area contributed by atoms with E-state index in [1.54, 1.807) is 7.11 Å². The third kappa shape index (κ3) is 5.32. The fourth-order valence-electron chi connectivity index (χ4n) is 2.07. The van der Waals surface area contributed by atoms with E-state index in [0.717, 1.165) is 18.4 Å². The van der Waals surface area contributed by atoms with Crippen molar-refractivity contribution >= 4 is 5.97 Å². The molecule has 0 aliphatic rings. The van der Waals surface area contributed by atoms with Gasteiger partial charge in [0.2, 0.25) is 0 Å². The number of hydrogen-bond acceptors (Lipinski definition) is 2. The average Bonchev–Trinajstić information content (AvgIpc) is 2.33. The maximum atomic E-state index is 11.2. The van der Waals surface area contributed by atoms with Gasteiger partial charge in [0.1, 0.15) is 0 Å². The standard InChI is InChI=1S/C15H22O3/c1-12-6-5-7-13(10-12)11-14(15(16)17)8-3-4-9-18-2/h5-7,10,14H,3-4,8-9,11H2,1-2H3,(H,16,17). The van der Waals surface area contributed by atoms with Crippen LogP contribution in [0, 0.1) is 12.8 Å². The predicted octanol–water partition coefficient (Wildman–Crippen LogP) is 3.06. The molecule has 0 saturated carbocycles. The Hall–Kier alpha value is -1.35. The van der Waals surface area contributed by atoms with Gasteiger partial charge in [0.25, 0.3) is 0 Å². The van der Waals surface area contributed by atoms with Crippen LogP contribution in [0.4, 0.5) is 0 Å². The molecule has 0 amide bonds. The van der Waals surface area contributed by atoms with Crippen molar-refractivity contribution in [3.63, 3.8) is 0 Å². The normalized spacial score (nSPS) is 12.3. The Morgan fingerprint density at radius 3 is 2.78 bits per heavy atom. The minimum Gasteiger partial charge on any atom is -0.481 e. The molecule has 0 aromatic heterocycles. The highest BCUT2D eigenvalue weighted by atomic mass is 16.5. The monoisotopic (exact) mass is 250 g/mol. The SMILES string of the molecule is COCCCCC(Cc1cccc(C)c1)C(=O)O. The summed E-state index contributed by atoms with van der Waals surface area (Å²) in [7, 11) is 1.67. The van der Waals surface area contributed by atoms with Crippen molar-refractivity contribution in [3.05, 3.63) is 35.4 Å². The maximum Gasteiger partial charge on any atom is 0.306 e. The molecule has 1 N–H and O–H groups in total. The Balaban J connectivity index is 2.50. The van der Waals surface area contributed by atoms with Crippen molar-refractivity contribution < 1.29 is 14.6 Å². The second-order valence-corrected chi connectivity index (χ2v) is 4.72. The molecule has 0 spiro atoms. The van der Waals surface area contributed by atoms with Crippen LogP contribution in [0.25, 0.3) is 0 Å². The van der Waals surface area contributed by atoms with Crippen LogP contribution in [0.15, 0.2) is 24.3 Å². The molecule has 1 unspecified atom stereocenters. The minimum atomic E-state index is -0.700. The third-order valence-corrected chi connectivity index (χ3v) is 3.06. The summed E-state index contributed by atoms with van der Waals surface area (Å²) in [6, 6.07) is 8.07. The van der Waals surface area contributed by atoms with Gasteiger partial charge in [-0.1, -0.05) is 36.2 Å². The fraction of sp³-hybridized carbons (Fsp3) is 0.533. The zero-order valence-electron chi connectivity index (χ0n) is 11.2. The quantitative estimate of drug-likeness (QED) is 0.721. The van der Waals surface area contributed by atoms with Gasteiger partial charge in [0.15, 0.2) is 0 Å². The lowest BCUT2D eigenvalue weighted by Crippen LogP contribution is -2.16. The van der Waals surface area contributed by atoms with E-state index in [1.165, 1.54) is 5.56 Å². The van der Waals surface area contributed by atoms with Crippen molar-refractivity contribution in [1.82, 2.24) is 0 Å². The van der Waals surface area contributed by atoms with E-state index in [2.05, 4.69) is 6.07 Å². The molecule has 18 heavy (non-hydrogen) atoms. The van der Waals surface area contributed by atoms with Gasteiger partial charge in [-0.15, -0.1) is 0 Å². The molecular weight excluding hydrogens is 228 g/mol. The van der Waals surface area contributed by atoms with Gasteiger partial charge < -0.3 is 9.84 Å². The van der Waals surface area contributed by atoms with E-state index in [-0.39, 0.29) is 5.92 Å². The Labute approximate surface area is 109 Å². The summed E-state index contributed by atoms with van der Waals surface area (Å²) in [5, 5.41) is 9.23. The smallest absolute Gasteiger partial charge is 0.306 e. The number of hydrogen-bond donors (Lipinski definition) is 1. The molecule has 0 fully saturated rings. The van der Waals surface area contributed by atoms with E-state index in [9.17, 15) is 9.90 Å². The Morgan fingerprint density at radius 2 is 2.17 bits per heavy atom. The van der Waals surface area contributed by atoms with Crippen molar-refractivity contribution in [2.45, 2.75) is 32.6 Å². The number of carboxylic acid groups (broad SMARTS) is 1. The average molecular weight is 250 g/mol. The summed E-state index contributed by atoms with van der Waals surface area (Å²) in [5.41, 5.74) is 2.28. The first kappa shape index (κ1) is 14.7. The number of rotatable bonds is 8. The Kier molecular flexibility index (Phi) is 6.44. The number of methoxy groups -OCH3 is 1. The highest BCUT2D eigenvalue weighted by Gasteiger charge is 2.17. The third-order valence-electron chi connectivity index (χ3n) is 3.06. The lowest BCUT2D eigenvalue weighted by atomic mass is 9.93. The molecule has 1 rings (SSSR count). The number of unbranched alkanes of at least 4 members (excludes halogenated alkanes) is 1. The lowest BCUT2D eigenvalue weighted by molar-refractivity contribution is -0.142. The molecule has 100 valence electrons. The van der Waals surface area contributed by atoms with Crippen LogP contribution in [0.3, 0.4) is 0 Å². The molecule has 0 aliphatic heterocycles. The van der Waals surface area contributed by atoms with Crippen molar-refractivity contribution in [1.29, 1.82) is 0 Å². The number of aryl methyl sites for hydroxylation is 1. The Morgan fingerprint density at radius 1 is 1.39 bits per heavy atom. The summed E-state index contributed by atoms with van der Waals surface area (Å²) in [6.07, 6.45) is 3.15. The molecule has 0 bridgehead atoms. The highest BCUT2D eigenvalue weighted by Crippen LogP contribution is 2.16. The number of carboxylic acids is 1. The molecule has 1 aromatic rings. The second-order valence-electron chi connectivity index (χ2n) is 4.72. The number of carbonyl (C=O) groups is 1. The maximum absolute atomic E-state index is 11.2. The first-order valence-corrected chi connectivity index (χ1v) is 6.40. The molecule has 0 heterocycles. The van der Waals surface area contributed by atoms with E-state index in [4.69, 9.17) is 4.74 Å². The van der Waals surface area contributed by atoms with E-state index in [1.807, 2.05) is 25.1 Å². The zero-order valence-corrected chi connectivity index (χ0v) is 11.2. The van der Waals surface area contributed by atoms with Crippen LogP contribution >= 0.6 is 0 Å². The van der Waals surface area contributed by atoms with Gasteiger partial charge in [-0.05, 0) is 31.7 Å². The van der Waals surface area contributed by atoms with Gasteiger partial charge in [-0.2, -0.15) is 0 Å². The second kappa shape index (κ2) is 7.88. The Bertz CT molecular complexity index is 374. The highest BCUT2D eigenvalue weighted by molar-refractivity contribution is 5.70. The van der Waals surface area contributed by atoms with Gasteiger partial charge in [0, 0.05) is 13.7 Å². The van der Waals surface area contributed by atoms with Gasteiger partial charge in [-0.25, -0.2) is 0 Å². The zero-order chi connectivity index (χ0) is 13.4. The van der Waals surface area contributed by atoms with Gasteiger partial charge in [-0.3, -0.25) is 4.79 Å². The molecule has 3 heteroatoms. The van der Waals surface area contributed by atoms with Crippen LogP contribution < -0.4 is 0 Å². The van der Waals surface area contributed by atoms with Crippen LogP contribution in [0.5, 0.6) is 0 Å². The summed E-state index contributed by atoms with van der Waals surface area (Å²) >= 11 is 0. The lowest BCUT2D eigenvalue weighted by Gasteiger charge is -2.12.